The molecule has 0 saturated carbocycles. The largest absolute Gasteiger partial charge is 0.420 e. The first-order valence-corrected chi connectivity index (χ1v) is 10.7. The number of oxazole rings is 1. The third-order valence-corrected chi connectivity index (χ3v) is 6.22. The first kappa shape index (κ1) is 20.1. The van der Waals surface area contributed by atoms with Gasteiger partial charge in [0.2, 0.25) is 11.8 Å². The molecule has 1 aliphatic heterocycles. The van der Waals surface area contributed by atoms with E-state index in [1.165, 1.54) is 4.57 Å². The van der Waals surface area contributed by atoms with Gasteiger partial charge in [-0.1, -0.05) is 30.3 Å². The zero-order chi connectivity index (χ0) is 22.2. The summed E-state index contributed by atoms with van der Waals surface area (Å²) in [5, 5.41) is 1.06. The van der Waals surface area contributed by atoms with Crippen LogP contribution in [0.5, 0.6) is 0 Å². The number of hydrogen-bond acceptors (Lipinski definition) is 4. The van der Waals surface area contributed by atoms with Crippen molar-refractivity contribution < 1.29 is 14.0 Å². The Kier molecular flexibility index (Phi) is 5.05. The number of benzene rings is 2. The molecule has 5 rings (SSSR count). The minimum atomic E-state index is -0.681. The predicted octanol–water partition coefficient (Wildman–Crippen LogP) is 2.55. The minimum absolute atomic E-state index is 0.0481. The number of carbonyl (C=O) groups is 2. The fourth-order valence-corrected chi connectivity index (χ4v) is 4.45. The van der Waals surface area contributed by atoms with Crippen molar-refractivity contribution in [1.29, 1.82) is 0 Å². The number of H-pyrrole nitrogens is 1. The molecule has 1 fully saturated rings. The van der Waals surface area contributed by atoms with E-state index in [9.17, 15) is 14.4 Å². The quantitative estimate of drug-likeness (QED) is 0.537. The molecule has 0 spiro atoms. The van der Waals surface area contributed by atoms with Crippen molar-refractivity contribution in [1.82, 2.24) is 19.4 Å². The molecule has 1 unspecified atom stereocenters. The highest BCUT2D eigenvalue weighted by Gasteiger charge is 2.29. The molecule has 0 aliphatic carbocycles. The summed E-state index contributed by atoms with van der Waals surface area (Å²) in [5.74, 6) is -0.645. The summed E-state index contributed by atoms with van der Waals surface area (Å²) in [7, 11) is 0. The molecule has 8 heteroatoms. The normalized spacial score (nSPS) is 15.4. The van der Waals surface area contributed by atoms with Gasteiger partial charge in [0.1, 0.15) is 6.04 Å². The summed E-state index contributed by atoms with van der Waals surface area (Å²) >= 11 is 0. The van der Waals surface area contributed by atoms with Gasteiger partial charge < -0.3 is 19.2 Å². The van der Waals surface area contributed by atoms with Gasteiger partial charge in [0.15, 0.2) is 5.58 Å². The van der Waals surface area contributed by atoms with E-state index in [0.29, 0.717) is 43.7 Å². The number of nitrogens with one attached hydrogen (secondary N) is 1. The van der Waals surface area contributed by atoms with Crippen molar-refractivity contribution in [2.24, 2.45) is 0 Å². The first-order chi connectivity index (χ1) is 15.5. The lowest BCUT2D eigenvalue weighted by Gasteiger charge is -2.36. The van der Waals surface area contributed by atoms with E-state index < -0.39 is 11.8 Å². The van der Waals surface area contributed by atoms with Gasteiger partial charge in [-0.3, -0.25) is 14.2 Å². The summed E-state index contributed by atoms with van der Waals surface area (Å²) in [6, 6.07) is 14.3. The Balaban J connectivity index is 1.24. The van der Waals surface area contributed by atoms with E-state index in [-0.39, 0.29) is 11.8 Å². The van der Waals surface area contributed by atoms with Crippen molar-refractivity contribution in [3.8, 4) is 0 Å². The topological polar surface area (TPSA) is 91.5 Å². The fourth-order valence-electron chi connectivity index (χ4n) is 4.45. The molecule has 1 atom stereocenters. The minimum Gasteiger partial charge on any atom is -0.408 e. The summed E-state index contributed by atoms with van der Waals surface area (Å²) < 4.78 is 6.66. The van der Waals surface area contributed by atoms with Crippen molar-refractivity contribution in [3.63, 3.8) is 0 Å². The number of aromatic nitrogens is 2. The van der Waals surface area contributed by atoms with Gasteiger partial charge >= 0.3 is 5.76 Å². The number of amides is 2. The van der Waals surface area contributed by atoms with Crippen LogP contribution in [0, 0.1) is 0 Å². The predicted molar refractivity (Wildman–Crippen MR) is 120 cm³/mol. The van der Waals surface area contributed by atoms with Crippen LogP contribution >= 0.6 is 0 Å². The zero-order valence-electron chi connectivity index (χ0n) is 17.8. The summed E-state index contributed by atoms with van der Waals surface area (Å²) in [4.78, 5) is 45.0. The van der Waals surface area contributed by atoms with Gasteiger partial charge in [-0.2, -0.15) is 0 Å². The highest BCUT2D eigenvalue weighted by Crippen LogP contribution is 2.21. The number of nitrogens with zero attached hydrogens (tertiary/aromatic N) is 3. The molecular weight excluding hydrogens is 408 g/mol. The number of para-hydroxylation sites is 3. The van der Waals surface area contributed by atoms with Crippen LogP contribution in [0.1, 0.15) is 18.5 Å². The van der Waals surface area contributed by atoms with Crippen LogP contribution in [0.15, 0.2) is 63.9 Å². The number of aromatic amines is 1. The molecule has 1 N–H and O–H groups in total. The van der Waals surface area contributed by atoms with Gasteiger partial charge in [-0.05, 0) is 30.7 Å². The lowest BCUT2D eigenvalue weighted by Crippen LogP contribution is -2.52. The third-order valence-electron chi connectivity index (χ3n) is 6.22. The van der Waals surface area contributed by atoms with Crippen molar-refractivity contribution >= 4 is 33.8 Å². The van der Waals surface area contributed by atoms with Gasteiger partial charge in [0.25, 0.3) is 0 Å². The Morgan fingerprint density at radius 3 is 2.50 bits per heavy atom. The first-order valence-electron chi connectivity index (χ1n) is 10.7. The fraction of sp³-hybridized carbons (Fsp3) is 0.292. The molecule has 2 aromatic heterocycles. The molecule has 2 amide bonds. The Morgan fingerprint density at radius 2 is 1.69 bits per heavy atom. The lowest BCUT2D eigenvalue weighted by molar-refractivity contribution is -0.141. The molecule has 0 radical (unpaired) electrons. The average Bonchev–Trinajstić information content (AvgIpc) is 3.38. The molecule has 0 bridgehead atoms. The van der Waals surface area contributed by atoms with Gasteiger partial charge in [-0.25, -0.2) is 4.79 Å². The smallest absolute Gasteiger partial charge is 0.408 e. The number of piperazine rings is 1. The summed E-state index contributed by atoms with van der Waals surface area (Å²) in [6.07, 6.45) is 2.21. The number of rotatable bonds is 4. The van der Waals surface area contributed by atoms with Crippen LogP contribution in [-0.2, 0) is 16.0 Å². The van der Waals surface area contributed by atoms with Crippen LogP contribution in [0.25, 0.3) is 22.0 Å². The van der Waals surface area contributed by atoms with E-state index in [1.807, 2.05) is 36.5 Å². The van der Waals surface area contributed by atoms with Crippen LogP contribution < -0.4 is 5.76 Å². The Hall–Kier alpha value is -3.81. The van der Waals surface area contributed by atoms with E-state index in [0.717, 1.165) is 16.5 Å². The number of hydrogen-bond donors (Lipinski definition) is 1. The molecule has 164 valence electrons. The van der Waals surface area contributed by atoms with Gasteiger partial charge in [0, 0.05) is 43.3 Å². The highest BCUT2D eigenvalue weighted by atomic mass is 16.4. The number of carbonyl (C=O) groups excluding carboxylic acids is 2. The third kappa shape index (κ3) is 3.47. The molecule has 1 aliphatic rings. The maximum absolute atomic E-state index is 13.1. The maximum Gasteiger partial charge on any atom is 0.420 e. The maximum atomic E-state index is 13.1. The molecule has 3 heterocycles. The second-order valence-electron chi connectivity index (χ2n) is 8.12. The number of fused-ring (bicyclic) bond motifs is 2. The van der Waals surface area contributed by atoms with E-state index in [2.05, 4.69) is 4.98 Å². The second-order valence-corrected chi connectivity index (χ2v) is 8.12. The molecule has 32 heavy (non-hydrogen) atoms. The van der Waals surface area contributed by atoms with Crippen LogP contribution in [0.4, 0.5) is 0 Å². The van der Waals surface area contributed by atoms with Crippen molar-refractivity contribution in [2.45, 2.75) is 19.4 Å². The molecule has 4 aromatic rings. The van der Waals surface area contributed by atoms with E-state index >= 15 is 0 Å². The zero-order valence-corrected chi connectivity index (χ0v) is 17.8. The van der Waals surface area contributed by atoms with Crippen LogP contribution in [0.3, 0.4) is 0 Å². The van der Waals surface area contributed by atoms with Crippen molar-refractivity contribution in [2.75, 3.05) is 26.2 Å². The lowest BCUT2D eigenvalue weighted by atomic mass is 10.1. The Bertz CT molecular complexity index is 1360. The van der Waals surface area contributed by atoms with Gasteiger partial charge in [-0.15, -0.1) is 0 Å². The summed E-state index contributed by atoms with van der Waals surface area (Å²) in [5.41, 5.74) is 3.06. The second kappa shape index (κ2) is 8.03. The van der Waals surface area contributed by atoms with E-state index in [4.69, 9.17) is 4.42 Å². The monoisotopic (exact) mass is 432 g/mol. The Morgan fingerprint density at radius 1 is 1.00 bits per heavy atom. The van der Waals surface area contributed by atoms with Crippen LogP contribution in [-0.4, -0.2) is 57.3 Å². The average molecular weight is 432 g/mol. The van der Waals surface area contributed by atoms with E-state index in [1.54, 1.807) is 34.9 Å². The SMILES string of the molecule is CC(C(=O)N1CCN(C(=O)Cc2c[nH]c3ccccc23)CC1)n1c(=O)oc2ccccc21. The van der Waals surface area contributed by atoms with Crippen LogP contribution in [0.2, 0.25) is 0 Å². The molecule has 1 saturated heterocycles. The molecule has 8 nitrogen and oxygen atoms in total. The van der Waals surface area contributed by atoms with Crippen molar-refractivity contribution in [3.05, 3.63) is 70.8 Å². The molecule has 2 aromatic carbocycles. The Labute approximate surface area is 184 Å². The molecular formula is C24H24N4O4. The standard InChI is InChI=1S/C24H24N4O4/c1-16(28-20-8-4-5-9-21(20)32-24(28)31)23(30)27-12-10-26(11-13-27)22(29)14-17-15-25-19-7-3-2-6-18(17)19/h2-9,15-16,25H,10-14H2,1H3. The van der Waals surface area contributed by atoms with Gasteiger partial charge in [0.05, 0.1) is 11.9 Å². The summed E-state index contributed by atoms with van der Waals surface area (Å²) in [6.45, 7) is 3.53. The highest BCUT2D eigenvalue weighted by molar-refractivity contribution is 5.89.